The van der Waals surface area contributed by atoms with Gasteiger partial charge in [0.25, 0.3) is 0 Å². The average molecular weight is 351 g/mol. The van der Waals surface area contributed by atoms with Crippen LogP contribution in [0.15, 0.2) is 21.8 Å². The largest absolute Gasteiger partial charge is 0.357 e. The SMILES string of the molecule is CCNC(=NCC(CC)CC)NC1CCN(Cc2ccsc2)CC1. The van der Waals surface area contributed by atoms with E-state index in [1.165, 1.54) is 44.3 Å². The summed E-state index contributed by atoms with van der Waals surface area (Å²) in [6.45, 7) is 11.9. The third kappa shape index (κ3) is 6.44. The molecule has 2 heterocycles. The number of thiophene rings is 1. The van der Waals surface area contributed by atoms with Gasteiger partial charge in [-0.25, -0.2) is 0 Å². The van der Waals surface area contributed by atoms with Gasteiger partial charge in [0.2, 0.25) is 0 Å². The third-order valence-corrected chi connectivity index (χ3v) is 5.65. The summed E-state index contributed by atoms with van der Waals surface area (Å²) in [4.78, 5) is 7.38. The van der Waals surface area contributed by atoms with E-state index in [-0.39, 0.29) is 0 Å². The van der Waals surface area contributed by atoms with Gasteiger partial charge in [-0.3, -0.25) is 9.89 Å². The van der Waals surface area contributed by atoms with E-state index in [0.717, 1.165) is 25.6 Å². The summed E-state index contributed by atoms with van der Waals surface area (Å²) in [5.74, 6) is 1.70. The van der Waals surface area contributed by atoms with Gasteiger partial charge in [-0.1, -0.05) is 26.7 Å². The first-order valence-corrected chi connectivity index (χ1v) is 10.5. The first-order chi connectivity index (χ1) is 11.7. The lowest BCUT2D eigenvalue weighted by atomic mass is 10.0. The Bertz CT molecular complexity index is 460. The maximum Gasteiger partial charge on any atom is 0.191 e. The van der Waals surface area contributed by atoms with Crippen molar-refractivity contribution in [2.45, 2.75) is 59.0 Å². The molecule has 0 radical (unpaired) electrons. The number of nitrogens with one attached hydrogen (secondary N) is 2. The zero-order valence-corrected chi connectivity index (χ0v) is 16.4. The molecule has 1 aliphatic rings. The smallest absolute Gasteiger partial charge is 0.191 e. The molecule has 1 aromatic rings. The van der Waals surface area contributed by atoms with E-state index >= 15 is 0 Å². The topological polar surface area (TPSA) is 39.7 Å². The highest BCUT2D eigenvalue weighted by Crippen LogP contribution is 2.15. The van der Waals surface area contributed by atoms with Crippen LogP contribution in [0.4, 0.5) is 0 Å². The minimum atomic E-state index is 0.545. The van der Waals surface area contributed by atoms with Gasteiger partial charge in [0.15, 0.2) is 5.96 Å². The Kier molecular flexibility index (Phi) is 8.60. The van der Waals surface area contributed by atoms with Gasteiger partial charge >= 0.3 is 0 Å². The number of aliphatic imine (C=N–C) groups is 1. The monoisotopic (exact) mass is 350 g/mol. The van der Waals surface area contributed by atoms with Gasteiger partial charge in [-0.2, -0.15) is 11.3 Å². The summed E-state index contributed by atoms with van der Waals surface area (Å²) in [6.07, 6.45) is 4.81. The summed E-state index contributed by atoms with van der Waals surface area (Å²) in [7, 11) is 0. The van der Waals surface area contributed by atoms with E-state index in [1.807, 2.05) is 0 Å². The van der Waals surface area contributed by atoms with Crippen molar-refractivity contribution in [3.8, 4) is 0 Å². The Morgan fingerprint density at radius 3 is 2.62 bits per heavy atom. The average Bonchev–Trinajstić information content (AvgIpc) is 3.10. The Hall–Kier alpha value is -1.07. The maximum absolute atomic E-state index is 4.81. The molecular weight excluding hydrogens is 316 g/mol. The van der Waals surface area contributed by atoms with E-state index in [0.29, 0.717) is 12.0 Å². The van der Waals surface area contributed by atoms with E-state index in [4.69, 9.17) is 4.99 Å². The molecule has 1 saturated heterocycles. The predicted molar refractivity (Wildman–Crippen MR) is 106 cm³/mol. The van der Waals surface area contributed by atoms with Crippen LogP contribution in [0.1, 0.15) is 52.0 Å². The van der Waals surface area contributed by atoms with Gasteiger partial charge in [0.1, 0.15) is 0 Å². The Balaban J connectivity index is 1.77. The van der Waals surface area contributed by atoms with Gasteiger partial charge in [-0.15, -0.1) is 0 Å². The molecule has 1 aromatic heterocycles. The fraction of sp³-hybridized carbons (Fsp3) is 0.737. The van der Waals surface area contributed by atoms with Crippen molar-refractivity contribution in [2.75, 3.05) is 26.2 Å². The van der Waals surface area contributed by atoms with E-state index in [2.05, 4.69) is 53.1 Å². The van der Waals surface area contributed by atoms with Crippen LogP contribution in [0.25, 0.3) is 0 Å². The van der Waals surface area contributed by atoms with Crippen LogP contribution in [-0.4, -0.2) is 43.1 Å². The molecule has 0 aliphatic carbocycles. The van der Waals surface area contributed by atoms with Gasteiger partial charge < -0.3 is 10.6 Å². The molecule has 24 heavy (non-hydrogen) atoms. The molecule has 2 N–H and O–H groups in total. The van der Waals surface area contributed by atoms with Crippen molar-refractivity contribution in [1.82, 2.24) is 15.5 Å². The normalized spacial score (nSPS) is 17.4. The molecular formula is C19H34N4S. The molecule has 0 amide bonds. The fourth-order valence-electron chi connectivity index (χ4n) is 3.16. The maximum atomic E-state index is 4.81. The second kappa shape index (κ2) is 10.7. The highest BCUT2D eigenvalue weighted by Gasteiger charge is 2.20. The molecule has 0 atom stereocenters. The molecule has 1 fully saturated rings. The van der Waals surface area contributed by atoms with Crippen LogP contribution < -0.4 is 10.6 Å². The van der Waals surface area contributed by atoms with Gasteiger partial charge in [0, 0.05) is 38.8 Å². The second-order valence-electron chi connectivity index (χ2n) is 6.73. The minimum Gasteiger partial charge on any atom is -0.357 e. The zero-order valence-electron chi connectivity index (χ0n) is 15.6. The van der Waals surface area contributed by atoms with Crippen LogP contribution in [0.5, 0.6) is 0 Å². The van der Waals surface area contributed by atoms with Gasteiger partial charge in [-0.05, 0) is 48.1 Å². The molecule has 4 nitrogen and oxygen atoms in total. The van der Waals surface area contributed by atoms with Crippen LogP contribution in [0, 0.1) is 5.92 Å². The van der Waals surface area contributed by atoms with Crippen LogP contribution in [0.2, 0.25) is 0 Å². The highest BCUT2D eigenvalue weighted by atomic mass is 32.1. The summed E-state index contributed by atoms with van der Waals surface area (Å²) in [6, 6.07) is 2.78. The van der Waals surface area contributed by atoms with Crippen LogP contribution >= 0.6 is 11.3 Å². The molecule has 0 saturated carbocycles. The first-order valence-electron chi connectivity index (χ1n) is 9.53. The Labute approximate surface area is 151 Å². The fourth-order valence-corrected chi connectivity index (χ4v) is 3.82. The van der Waals surface area contributed by atoms with E-state index in [1.54, 1.807) is 11.3 Å². The number of likely N-dealkylation sites (tertiary alicyclic amines) is 1. The number of nitrogens with zero attached hydrogens (tertiary/aromatic N) is 2. The Morgan fingerprint density at radius 1 is 1.29 bits per heavy atom. The standard InChI is InChI=1S/C19H34N4S/c1-4-16(5-2)13-21-19(20-6-3)22-18-7-10-23(11-8-18)14-17-9-12-24-15-17/h9,12,15-16,18H,4-8,10-11,13-14H2,1-3H3,(H2,20,21,22). The summed E-state index contributed by atoms with van der Waals surface area (Å²) in [5.41, 5.74) is 1.45. The van der Waals surface area contributed by atoms with Crippen molar-refractivity contribution < 1.29 is 0 Å². The Morgan fingerprint density at radius 2 is 2.04 bits per heavy atom. The highest BCUT2D eigenvalue weighted by molar-refractivity contribution is 7.07. The molecule has 5 heteroatoms. The predicted octanol–water partition coefficient (Wildman–Crippen LogP) is 3.70. The van der Waals surface area contributed by atoms with Crippen molar-refractivity contribution >= 4 is 17.3 Å². The number of guanidine groups is 1. The number of hydrogen-bond donors (Lipinski definition) is 2. The molecule has 0 bridgehead atoms. The van der Waals surface area contributed by atoms with Crippen molar-refractivity contribution in [3.05, 3.63) is 22.4 Å². The van der Waals surface area contributed by atoms with Gasteiger partial charge in [0.05, 0.1) is 0 Å². The molecule has 0 spiro atoms. The minimum absolute atomic E-state index is 0.545. The van der Waals surface area contributed by atoms with Crippen molar-refractivity contribution in [1.29, 1.82) is 0 Å². The number of hydrogen-bond acceptors (Lipinski definition) is 3. The van der Waals surface area contributed by atoms with E-state index < -0.39 is 0 Å². The molecule has 136 valence electrons. The number of rotatable bonds is 8. The summed E-state index contributed by atoms with van der Waals surface area (Å²) >= 11 is 1.79. The summed E-state index contributed by atoms with van der Waals surface area (Å²) in [5, 5.41) is 11.5. The summed E-state index contributed by atoms with van der Waals surface area (Å²) < 4.78 is 0. The number of piperidine rings is 1. The lowest BCUT2D eigenvalue weighted by molar-refractivity contribution is 0.198. The van der Waals surface area contributed by atoms with Crippen molar-refractivity contribution in [2.24, 2.45) is 10.9 Å². The quantitative estimate of drug-likeness (QED) is 0.555. The lowest BCUT2D eigenvalue weighted by Gasteiger charge is -2.33. The van der Waals surface area contributed by atoms with Crippen molar-refractivity contribution in [3.63, 3.8) is 0 Å². The first kappa shape index (κ1) is 19.3. The molecule has 0 unspecified atom stereocenters. The molecule has 2 rings (SSSR count). The molecule has 1 aliphatic heterocycles. The second-order valence-corrected chi connectivity index (χ2v) is 7.51. The van der Waals surface area contributed by atoms with E-state index in [9.17, 15) is 0 Å². The zero-order chi connectivity index (χ0) is 17.2. The lowest BCUT2D eigenvalue weighted by Crippen LogP contribution is -2.48. The molecule has 0 aromatic carbocycles. The van der Waals surface area contributed by atoms with Crippen LogP contribution in [-0.2, 0) is 6.54 Å². The third-order valence-electron chi connectivity index (χ3n) is 4.92. The van der Waals surface area contributed by atoms with Crippen LogP contribution in [0.3, 0.4) is 0 Å².